The summed E-state index contributed by atoms with van der Waals surface area (Å²) < 4.78 is 0. The lowest BCUT2D eigenvalue weighted by molar-refractivity contribution is 0.116. The maximum absolute atomic E-state index is 5.07. The quantitative estimate of drug-likeness (QED) is 0.411. The maximum atomic E-state index is 5.07. The molecule has 6 atom stereocenters. The van der Waals surface area contributed by atoms with E-state index in [9.17, 15) is 0 Å². The van der Waals surface area contributed by atoms with Crippen LogP contribution in [0.25, 0.3) is 0 Å². The first-order valence-corrected chi connectivity index (χ1v) is 11.9. The van der Waals surface area contributed by atoms with Crippen molar-refractivity contribution in [2.24, 2.45) is 34.1 Å². The summed E-state index contributed by atoms with van der Waals surface area (Å²) in [6, 6.07) is 0.457. The Morgan fingerprint density at radius 3 is 2.90 bits per heavy atom. The largest absolute Gasteiger partial charge is 0.306 e. The number of nitrogens with zero attached hydrogens (tertiary/aromatic N) is 1. The van der Waals surface area contributed by atoms with Gasteiger partial charge in [0.1, 0.15) is 0 Å². The van der Waals surface area contributed by atoms with Gasteiger partial charge in [-0.15, -0.1) is 0 Å². The fraction of sp³-hybridized carbons (Fsp3) is 0.536. The third-order valence-corrected chi connectivity index (χ3v) is 8.56. The molecule has 0 spiro atoms. The normalized spacial score (nSPS) is 39.2. The molecule has 2 nitrogen and oxygen atoms in total. The van der Waals surface area contributed by atoms with Crippen LogP contribution in [0.15, 0.2) is 76.0 Å². The van der Waals surface area contributed by atoms with Gasteiger partial charge in [0, 0.05) is 12.1 Å². The molecule has 2 heterocycles. The van der Waals surface area contributed by atoms with Crippen LogP contribution in [-0.4, -0.2) is 18.3 Å². The average Bonchev–Trinajstić information content (AvgIpc) is 3.49. The lowest BCUT2D eigenvalue weighted by Gasteiger charge is -2.43. The molecule has 0 aromatic carbocycles. The van der Waals surface area contributed by atoms with E-state index in [1.54, 1.807) is 0 Å². The van der Waals surface area contributed by atoms with Crippen molar-refractivity contribution in [3.8, 4) is 0 Å². The molecule has 158 valence electrons. The molecular weight excluding hydrogens is 364 g/mol. The minimum Gasteiger partial charge on any atom is -0.306 e. The van der Waals surface area contributed by atoms with Crippen LogP contribution in [0.3, 0.4) is 0 Å². The van der Waals surface area contributed by atoms with E-state index in [4.69, 9.17) is 4.99 Å². The van der Waals surface area contributed by atoms with Crippen molar-refractivity contribution in [3.63, 3.8) is 0 Å². The van der Waals surface area contributed by atoms with Crippen molar-refractivity contribution in [2.75, 3.05) is 6.54 Å². The molecule has 1 fully saturated rings. The summed E-state index contributed by atoms with van der Waals surface area (Å²) in [5.41, 5.74) is 8.21. The van der Waals surface area contributed by atoms with Crippen LogP contribution >= 0.6 is 0 Å². The Morgan fingerprint density at radius 2 is 2.17 bits per heavy atom. The van der Waals surface area contributed by atoms with Gasteiger partial charge in [0.15, 0.2) is 0 Å². The monoisotopic (exact) mass is 400 g/mol. The molecule has 1 N–H and O–H groups in total. The second kappa shape index (κ2) is 7.34. The molecule has 0 aromatic heterocycles. The number of allylic oxidation sites excluding steroid dienone is 10. The van der Waals surface area contributed by atoms with E-state index < -0.39 is 0 Å². The molecule has 0 saturated carbocycles. The standard InChI is InChI=1S/C28H36N2/c1-6-21-11-10-20-12-13-28(21,5)22(15-20)9-7-8-17(2)26-23-14-18(3)19(4)25(23)27(30-26)24-16-29-24/h7-8,10-12,14,18-19,21-22,24,29H,2,6,9,13,15-16H2,1,3-5H3/b8-7-. The maximum Gasteiger partial charge on any atom is 0.0772 e. The van der Waals surface area contributed by atoms with Crippen molar-refractivity contribution in [1.29, 1.82) is 0 Å². The third kappa shape index (κ3) is 3.15. The van der Waals surface area contributed by atoms with E-state index in [1.165, 1.54) is 41.7 Å². The Morgan fingerprint density at radius 1 is 1.37 bits per heavy atom. The predicted octanol–water partition coefficient (Wildman–Crippen LogP) is 6.32. The zero-order valence-corrected chi connectivity index (χ0v) is 19.0. The first kappa shape index (κ1) is 20.0. The summed E-state index contributed by atoms with van der Waals surface area (Å²) >= 11 is 0. The van der Waals surface area contributed by atoms with Gasteiger partial charge >= 0.3 is 0 Å². The molecule has 0 aromatic rings. The van der Waals surface area contributed by atoms with Gasteiger partial charge in [-0.2, -0.15) is 0 Å². The van der Waals surface area contributed by atoms with Gasteiger partial charge in [-0.25, -0.2) is 0 Å². The smallest absolute Gasteiger partial charge is 0.0772 e. The second-order valence-electron chi connectivity index (χ2n) is 10.4. The molecule has 30 heavy (non-hydrogen) atoms. The summed E-state index contributed by atoms with van der Waals surface area (Å²) in [5, 5.41) is 3.45. The molecule has 2 heteroatoms. The summed E-state index contributed by atoms with van der Waals surface area (Å²) in [7, 11) is 0. The van der Waals surface area contributed by atoms with E-state index in [-0.39, 0.29) is 0 Å². The molecule has 6 unspecified atom stereocenters. The second-order valence-corrected chi connectivity index (χ2v) is 10.4. The van der Waals surface area contributed by atoms with E-state index in [2.05, 4.69) is 76.0 Å². The van der Waals surface area contributed by atoms with Crippen molar-refractivity contribution in [3.05, 3.63) is 71.0 Å². The van der Waals surface area contributed by atoms with Crippen LogP contribution in [0.1, 0.15) is 53.4 Å². The molecule has 0 amide bonds. The van der Waals surface area contributed by atoms with Gasteiger partial charge in [0.2, 0.25) is 0 Å². The minimum atomic E-state index is 0.375. The summed E-state index contributed by atoms with van der Waals surface area (Å²) in [6.45, 7) is 15.0. The lowest BCUT2D eigenvalue weighted by atomic mass is 9.61. The number of fused-ring (bicyclic) bond motifs is 4. The highest BCUT2D eigenvalue weighted by atomic mass is 15.1. The molecule has 0 radical (unpaired) electrons. The fourth-order valence-corrected chi connectivity index (χ4v) is 6.16. The van der Waals surface area contributed by atoms with Crippen molar-refractivity contribution < 1.29 is 0 Å². The highest BCUT2D eigenvalue weighted by molar-refractivity contribution is 6.19. The van der Waals surface area contributed by atoms with Gasteiger partial charge in [0.05, 0.1) is 17.5 Å². The topological polar surface area (TPSA) is 34.3 Å². The zero-order chi connectivity index (χ0) is 21.0. The Bertz CT molecular complexity index is 949. The number of aliphatic imine (C=N–C) groups is 1. The van der Waals surface area contributed by atoms with Crippen LogP contribution in [0.5, 0.6) is 0 Å². The van der Waals surface area contributed by atoms with Gasteiger partial charge in [-0.1, -0.05) is 76.3 Å². The van der Waals surface area contributed by atoms with E-state index >= 15 is 0 Å². The first-order valence-electron chi connectivity index (χ1n) is 11.9. The van der Waals surface area contributed by atoms with Gasteiger partial charge in [-0.3, -0.25) is 4.99 Å². The van der Waals surface area contributed by atoms with Gasteiger partial charge in [-0.05, 0) is 65.9 Å². The van der Waals surface area contributed by atoms with Gasteiger partial charge in [0.25, 0.3) is 0 Å². The van der Waals surface area contributed by atoms with Crippen molar-refractivity contribution >= 4 is 5.71 Å². The Balaban J connectivity index is 1.32. The molecular formula is C28H36N2. The number of rotatable bonds is 6. The highest BCUT2D eigenvalue weighted by Gasteiger charge is 2.42. The molecule has 6 aliphatic rings. The summed E-state index contributed by atoms with van der Waals surface area (Å²) in [6.07, 6.45) is 19.2. The van der Waals surface area contributed by atoms with Crippen LogP contribution in [0.4, 0.5) is 0 Å². The molecule has 2 bridgehead atoms. The van der Waals surface area contributed by atoms with Crippen molar-refractivity contribution in [2.45, 2.75) is 59.4 Å². The van der Waals surface area contributed by atoms with Crippen LogP contribution in [0.2, 0.25) is 0 Å². The van der Waals surface area contributed by atoms with Crippen LogP contribution in [0, 0.1) is 29.1 Å². The third-order valence-electron chi connectivity index (χ3n) is 8.56. The SMILES string of the molecule is C=C(/C=C\CC1CC2=CCC1(C)C(CC)C=C2)C1=NC(C2CN2)=C2C1=CC(C)C2C. The summed E-state index contributed by atoms with van der Waals surface area (Å²) in [5.74, 6) is 2.53. The van der Waals surface area contributed by atoms with Crippen LogP contribution < -0.4 is 5.32 Å². The molecule has 4 aliphatic carbocycles. The number of hydrogen-bond donors (Lipinski definition) is 1. The van der Waals surface area contributed by atoms with E-state index in [0.29, 0.717) is 35.1 Å². The Hall–Kier alpha value is -1.93. The molecule has 1 saturated heterocycles. The molecule has 2 aliphatic heterocycles. The fourth-order valence-electron chi connectivity index (χ4n) is 6.16. The van der Waals surface area contributed by atoms with Gasteiger partial charge < -0.3 is 5.32 Å². The van der Waals surface area contributed by atoms with E-state index in [0.717, 1.165) is 24.3 Å². The Kier molecular flexibility index (Phi) is 4.89. The van der Waals surface area contributed by atoms with E-state index in [1.807, 2.05) is 0 Å². The van der Waals surface area contributed by atoms with Crippen LogP contribution in [-0.2, 0) is 0 Å². The highest BCUT2D eigenvalue weighted by Crippen LogP contribution is 2.52. The minimum absolute atomic E-state index is 0.375. The lowest BCUT2D eigenvalue weighted by Crippen LogP contribution is -2.34. The number of hydrogen-bond acceptors (Lipinski definition) is 2. The number of nitrogens with one attached hydrogen (secondary N) is 1. The Labute approximate surface area is 182 Å². The molecule has 6 rings (SSSR count). The average molecular weight is 401 g/mol. The van der Waals surface area contributed by atoms with Crippen molar-refractivity contribution in [1.82, 2.24) is 5.32 Å². The zero-order valence-electron chi connectivity index (χ0n) is 19.0. The predicted molar refractivity (Wildman–Crippen MR) is 127 cm³/mol. The summed E-state index contributed by atoms with van der Waals surface area (Å²) in [4.78, 5) is 5.07. The first-order chi connectivity index (χ1) is 14.4.